The maximum Gasteiger partial charge on any atom is 0.239 e. The molecular formula is C27H21NO3. The summed E-state index contributed by atoms with van der Waals surface area (Å²) in [5.41, 5.74) is 5.11. The number of benzene rings is 3. The van der Waals surface area contributed by atoms with Gasteiger partial charge >= 0.3 is 0 Å². The molecule has 0 saturated carbocycles. The molecule has 0 unspecified atom stereocenters. The highest BCUT2D eigenvalue weighted by atomic mass is 16.2. The van der Waals surface area contributed by atoms with Gasteiger partial charge in [-0.05, 0) is 47.7 Å². The summed E-state index contributed by atoms with van der Waals surface area (Å²) in [5, 5.41) is 0. The van der Waals surface area contributed by atoms with Gasteiger partial charge in [-0.25, -0.2) is 4.90 Å². The fourth-order valence-corrected chi connectivity index (χ4v) is 6.32. The molecule has 3 aromatic carbocycles. The number of aldehydes is 1. The summed E-state index contributed by atoms with van der Waals surface area (Å²) in [6.45, 7) is 3.90. The normalized spacial score (nSPS) is 27.7. The van der Waals surface area contributed by atoms with Crippen LogP contribution in [-0.2, 0) is 19.8 Å². The van der Waals surface area contributed by atoms with Crippen molar-refractivity contribution in [2.24, 2.45) is 11.8 Å². The summed E-state index contributed by atoms with van der Waals surface area (Å²) in [7, 11) is 0. The Morgan fingerprint density at radius 2 is 1.45 bits per heavy atom. The van der Waals surface area contributed by atoms with Gasteiger partial charge in [0.05, 0.1) is 22.9 Å². The predicted molar refractivity (Wildman–Crippen MR) is 117 cm³/mol. The molecule has 3 aliphatic carbocycles. The SMILES string of the molecule is Cc1ccc(N2C(=O)[C@@H]3[C@@H](C2=O)C2c4ccccc4C3(C=O)c3ccccc32)c(C)c1. The van der Waals surface area contributed by atoms with Crippen molar-refractivity contribution >= 4 is 23.8 Å². The summed E-state index contributed by atoms with van der Waals surface area (Å²) in [4.78, 5) is 42.0. The van der Waals surface area contributed by atoms with E-state index in [1.165, 1.54) is 4.90 Å². The van der Waals surface area contributed by atoms with E-state index in [-0.39, 0.29) is 17.7 Å². The van der Waals surface area contributed by atoms with Crippen LogP contribution in [-0.4, -0.2) is 18.1 Å². The second kappa shape index (κ2) is 6.01. The molecule has 7 rings (SSSR count). The number of rotatable bonds is 2. The summed E-state index contributed by atoms with van der Waals surface area (Å²) in [5.74, 6) is -2.02. The summed E-state index contributed by atoms with van der Waals surface area (Å²) in [6, 6.07) is 21.3. The van der Waals surface area contributed by atoms with Crippen molar-refractivity contribution < 1.29 is 14.4 Å². The lowest BCUT2D eigenvalue weighted by Gasteiger charge is -2.51. The Labute approximate surface area is 180 Å². The van der Waals surface area contributed by atoms with Crippen molar-refractivity contribution in [2.45, 2.75) is 25.2 Å². The summed E-state index contributed by atoms with van der Waals surface area (Å²) in [6.07, 6.45) is 0.911. The number of aryl methyl sites for hydroxylation is 2. The zero-order valence-electron chi connectivity index (χ0n) is 17.3. The fourth-order valence-electron chi connectivity index (χ4n) is 6.32. The summed E-state index contributed by atoms with van der Waals surface area (Å²) < 4.78 is 0. The molecule has 0 spiro atoms. The van der Waals surface area contributed by atoms with Gasteiger partial charge in [0.15, 0.2) is 0 Å². The van der Waals surface area contributed by atoms with E-state index in [1.807, 2.05) is 80.6 Å². The molecule has 2 amide bonds. The Hall–Kier alpha value is -3.53. The van der Waals surface area contributed by atoms with Crippen LogP contribution in [0.1, 0.15) is 39.3 Å². The number of anilines is 1. The third-order valence-corrected chi connectivity index (χ3v) is 7.46. The van der Waals surface area contributed by atoms with Gasteiger partial charge in [-0.1, -0.05) is 66.2 Å². The largest absolute Gasteiger partial charge is 0.302 e. The Balaban J connectivity index is 1.65. The minimum Gasteiger partial charge on any atom is -0.302 e. The Bertz CT molecular complexity index is 1260. The van der Waals surface area contributed by atoms with E-state index in [0.717, 1.165) is 39.7 Å². The average Bonchev–Trinajstić information content (AvgIpc) is 3.05. The monoisotopic (exact) mass is 407 g/mol. The lowest BCUT2D eigenvalue weighted by atomic mass is 9.48. The van der Waals surface area contributed by atoms with E-state index in [1.54, 1.807) is 0 Å². The number of amides is 2. The molecule has 1 aliphatic heterocycles. The Morgan fingerprint density at radius 3 is 2.03 bits per heavy atom. The molecule has 3 aromatic rings. The maximum atomic E-state index is 13.9. The highest BCUT2D eigenvalue weighted by molar-refractivity contribution is 6.25. The lowest BCUT2D eigenvalue weighted by Crippen LogP contribution is -2.54. The zero-order valence-corrected chi connectivity index (χ0v) is 17.3. The van der Waals surface area contributed by atoms with E-state index in [9.17, 15) is 14.4 Å². The fraction of sp³-hybridized carbons (Fsp3) is 0.222. The van der Waals surface area contributed by atoms with E-state index < -0.39 is 17.3 Å². The molecule has 152 valence electrons. The van der Waals surface area contributed by atoms with Crippen LogP contribution in [0.3, 0.4) is 0 Å². The summed E-state index contributed by atoms with van der Waals surface area (Å²) >= 11 is 0. The number of hydrogen-bond donors (Lipinski definition) is 0. The minimum absolute atomic E-state index is 0.206. The quantitative estimate of drug-likeness (QED) is 0.476. The second-order valence-electron chi connectivity index (χ2n) is 8.94. The number of hydrogen-bond acceptors (Lipinski definition) is 3. The molecule has 1 fully saturated rings. The highest BCUT2D eigenvalue weighted by Crippen LogP contribution is 2.63. The third-order valence-electron chi connectivity index (χ3n) is 7.46. The molecule has 0 aromatic heterocycles. The van der Waals surface area contributed by atoms with E-state index in [0.29, 0.717) is 5.69 Å². The molecule has 2 atom stereocenters. The van der Waals surface area contributed by atoms with Crippen LogP contribution in [0.25, 0.3) is 0 Å². The van der Waals surface area contributed by atoms with Gasteiger partial charge in [-0.2, -0.15) is 0 Å². The van der Waals surface area contributed by atoms with E-state index >= 15 is 0 Å². The van der Waals surface area contributed by atoms with Gasteiger partial charge in [0.1, 0.15) is 6.29 Å². The average molecular weight is 407 g/mol. The molecule has 31 heavy (non-hydrogen) atoms. The van der Waals surface area contributed by atoms with E-state index in [4.69, 9.17) is 0 Å². The first-order valence-electron chi connectivity index (χ1n) is 10.6. The smallest absolute Gasteiger partial charge is 0.239 e. The molecule has 0 N–H and O–H groups in total. The first-order chi connectivity index (χ1) is 15.0. The number of imide groups is 1. The molecule has 4 heteroatoms. The van der Waals surface area contributed by atoms with Crippen molar-refractivity contribution in [3.8, 4) is 0 Å². The van der Waals surface area contributed by atoms with Crippen LogP contribution < -0.4 is 4.90 Å². The Kier molecular flexibility index (Phi) is 3.54. The van der Waals surface area contributed by atoms with Gasteiger partial charge in [0.25, 0.3) is 0 Å². The Morgan fingerprint density at radius 1 is 0.839 bits per heavy atom. The van der Waals surface area contributed by atoms with Gasteiger partial charge in [-0.15, -0.1) is 0 Å². The lowest BCUT2D eigenvalue weighted by molar-refractivity contribution is -0.128. The van der Waals surface area contributed by atoms with Crippen LogP contribution in [0.15, 0.2) is 66.7 Å². The third kappa shape index (κ3) is 2.03. The van der Waals surface area contributed by atoms with Crippen molar-refractivity contribution in [2.75, 3.05) is 4.90 Å². The predicted octanol–water partition coefficient (Wildman–Crippen LogP) is 4.05. The maximum absolute atomic E-state index is 13.9. The number of carbonyl (C=O) groups excluding carboxylic acids is 3. The molecule has 4 nitrogen and oxygen atoms in total. The van der Waals surface area contributed by atoms with Gasteiger partial charge < -0.3 is 4.79 Å². The molecule has 2 bridgehead atoms. The topological polar surface area (TPSA) is 54.5 Å². The molecular weight excluding hydrogens is 386 g/mol. The minimum atomic E-state index is -1.15. The highest BCUT2D eigenvalue weighted by Gasteiger charge is 2.68. The van der Waals surface area contributed by atoms with Crippen LogP contribution >= 0.6 is 0 Å². The number of nitrogens with zero attached hydrogens (tertiary/aromatic N) is 1. The molecule has 1 heterocycles. The van der Waals surface area contributed by atoms with Crippen molar-refractivity contribution in [3.63, 3.8) is 0 Å². The van der Waals surface area contributed by atoms with Crippen LogP contribution in [0.2, 0.25) is 0 Å². The van der Waals surface area contributed by atoms with Gasteiger partial charge in [0, 0.05) is 5.92 Å². The van der Waals surface area contributed by atoms with Gasteiger partial charge in [-0.3, -0.25) is 9.59 Å². The number of carbonyl (C=O) groups is 3. The molecule has 0 radical (unpaired) electrons. The zero-order chi connectivity index (χ0) is 21.5. The van der Waals surface area contributed by atoms with Crippen LogP contribution in [0.5, 0.6) is 0 Å². The van der Waals surface area contributed by atoms with Crippen molar-refractivity contribution in [3.05, 3.63) is 100 Å². The van der Waals surface area contributed by atoms with Crippen molar-refractivity contribution in [1.82, 2.24) is 0 Å². The van der Waals surface area contributed by atoms with E-state index in [2.05, 4.69) is 0 Å². The molecule has 1 saturated heterocycles. The molecule has 4 aliphatic rings. The van der Waals surface area contributed by atoms with Crippen molar-refractivity contribution in [1.29, 1.82) is 0 Å². The second-order valence-corrected chi connectivity index (χ2v) is 8.94. The van der Waals surface area contributed by atoms with Gasteiger partial charge in [0.2, 0.25) is 11.8 Å². The van der Waals surface area contributed by atoms with Crippen LogP contribution in [0.4, 0.5) is 5.69 Å². The standard InChI is InChI=1S/C27H21NO3/c1-15-11-12-21(16(2)13-15)28-25(30)23-22-17-7-3-5-9-19(17)27(14-29,24(23)26(28)31)20-10-6-4-8-18(20)22/h3-14,22-24H,1-2H3/t22?,23-,24-,27?/m0/s1. The first kappa shape index (κ1) is 18.3. The van der Waals surface area contributed by atoms with Crippen LogP contribution in [0, 0.1) is 25.7 Å². The first-order valence-corrected chi connectivity index (χ1v) is 10.6.